The van der Waals surface area contributed by atoms with E-state index in [0.717, 1.165) is 49.7 Å². The third-order valence-corrected chi connectivity index (χ3v) is 7.70. The monoisotopic (exact) mass is 406 g/mol. The molecule has 0 amide bonds. The fourth-order valence-electron chi connectivity index (χ4n) is 3.24. The number of aromatic nitrogens is 1. The van der Waals surface area contributed by atoms with Crippen LogP contribution in [0.1, 0.15) is 19.8 Å². The first-order valence-corrected chi connectivity index (χ1v) is 11.5. The molecule has 4 aromatic rings. The van der Waals surface area contributed by atoms with Gasteiger partial charge in [0.05, 0.1) is 22.2 Å². The van der Waals surface area contributed by atoms with E-state index >= 15 is 0 Å². The van der Waals surface area contributed by atoms with Crippen molar-refractivity contribution in [2.24, 2.45) is 0 Å². The van der Waals surface area contributed by atoms with E-state index in [-0.39, 0.29) is 0 Å². The molecular weight excluding hydrogens is 384 g/mol. The number of hydrogen-bond acceptors (Lipinski definition) is 4. The standard InChI is InChI=1S/C23H22N2OS2/c1-2-3-14-28(26)23-21(24)20-18(16-10-6-4-7-11-16)15-19(25-22(20)27-23)17-12-8-5-9-13-17/h4-13,15H,2-3,14,24H2,1H3. The summed E-state index contributed by atoms with van der Waals surface area (Å²) in [6.45, 7) is 2.10. The molecule has 1 atom stereocenters. The first-order valence-electron chi connectivity index (χ1n) is 9.41. The van der Waals surface area contributed by atoms with Gasteiger partial charge in [0.2, 0.25) is 0 Å². The summed E-state index contributed by atoms with van der Waals surface area (Å²) in [5.41, 5.74) is 11.2. The maximum Gasteiger partial charge on any atom is 0.127 e. The zero-order chi connectivity index (χ0) is 19.5. The molecule has 1 unspecified atom stereocenters. The summed E-state index contributed by atoms with van der Waals surface area (Å²) in [7, 11) is -1.09. The molecule has 5 heteroatoms. The summed E-state index contributed by atoms with van der Waals surface area (Å²) >= 11 is 1.46. The topological polar surface area (TPSA) is 56.0 Å². The Bertz CT molecular complexity index is 1120. The SMILES string of the molecule is CCCCS(=O)c1sc2nc(-c3ccccc3)cc(-c3ccccc3)c2c1N. The lowest BCUT2D eigenvalue weighted by atomic mass is 10.00. The van der Waals surface area contributed by atoms with Crippen LogP contribution < -0.4 is 5.73 Å². The van der Waals surface area contributed by atoms with Crippen LogP contribution in [0.3, 0.4) is 0 Å². The molecule has 4 rings (SSSR count). The molecule has 0 saturated carbocycles. The van der Waals surface area contributed by atoms with E-state index in [9.17, 15) is 4.21 Å². The lowest BCUT2D eigenvalue weighted by Gasteiger charge is -2.09. The lowest BCUT2D eigenvalue weighted by molar-refractivity contribution is 0.681. The fourth-order valence-corrected chi connectivity index (χ4v) is 6.04. The van der Waals surface area contributed by atoms with E-state index in [1.165, 1.54) is 11.3 Å². The van der Waals surface area contributed by atoms with E-state index < -0.39 is 10.8 Å². The highest BCUT2D eigenvalue weighted by atomic mass is 32.2. The summed E-state index contributed by atoms with van der Waals surface area (Å²) in [6.07, 6.45) is 1.94. The number of pyridine rings is 1. The molecule has 0 aliphatic rings. The molecule has 0 aliphatic heterocycles. The molecule has 0 fully saturated rings. The Kier molecular flexibility index (Phi) is 5.55. The van der Waals surface area contributed by atoms with E-state index in [0.29, 0.717) is 11.4 Å². The number of benzene rings is 2. The Balaban J connectivity index is 1.95. The molecule has 2 heterocycles. The molecule has 0 radical (unpaired) electrons. The number of anilines is 1. The quantitative estimate of drug-likeness (QED) is 0.420. The van der Waals surface area contributed by atoms with Crippen molar-refractivity contribution in [2.45, 2.75) is 24.0 Å². The molecule has 0 bridgehead atoms. The van der Waals surface area contributed by atoms with Crippen LogP contribution in [-0.4, -0.2) is 14.9 Å². The average Bonchev–Trinajstić information content (AvgIpc) is 3.09. The van der Waals surface area contributed by atoms with Gasteiger partial charge in [0.15, 0.2) is 0 Å². The van der Waals surface area contributed by atoms with Crippen LogP contribution in [0.2, 0.25) is 0 Å². The van der Waals surface area contributed by atoms with Crippen molar-refractivity contribution in [3.8, 4) is 22.4 Å². The largest absolute Gasteiger partial charge is 0.396 e. The summed E-state index contributed by atoms with van der Waals surface area (Å²) in [5.74, 6) is 0.639. The normalized spacial score (nSPS) is 12.3. The molecule has 0 saturated heterocycles. The van der Waals surface area contributed by atoms with Gasteiger partial charge < -0.3 is 5.73 Å². The van der Waals surface area contributed by atoms with Gasteiger partial charge >= 0.3 is 0 Å². The van der Waals surface area contributed by atoms with Gasteiger partial charge in [-0.15, -0.1) is 11.3 Å². The van der Waals surface area contributed by atoms with Gasteiger partial charge in [0.25, 0.3) is 0 Å². The van der Waals surface area contributed by atoms with Crippen LogP contribution in [0.4, 0.5) is 5.69 Å². The van der Waals surface area contributed by atoms with Crippen molar-refractivity contribution in [3.05, 3.63) is 66.7 Å². The number of rotatable bonds is 6. The third-order valence-electron chi connectivity index (χ3n) is 4.71. The van der Waals surface area contributed by atoms with Crippen LogP contribution in [0.15, 0.2) is 70.9 Å². The van der Waals surface area contributed by atoms with Crippen molar-refractivity contribution < 1.29 is 4.21 Å². The Hall–Kier alpha value is -2.50. The smallest absolute Gasteiger partial charge is 0.127 e. The second-order valence-electron chi connectivity index (χ2n) is 6.67. The Morgan fingerprint density at radius 2 is 1.64 bits per heavy atom. The zero-order valence-corrected chi connectivity index (χ0v) is 17.4. The number of nitrogen functional groups attached to an aromatic ring is 1. The van der Waals surface area contributed by atoms with E-state index in [1.54, 1.807) is 0 Å². The third kappa shape index (κ3) is 3.60. The van der Waals surface area contributed by atoms with Crippen LogP contribution in [-0.2, 0) is 10.8 Å². The van der Waals surface area contributed by atoms with Crippen molar-refractivity contribution in [2.75, 3.05) is 11.5 Å². The van der Waals surface area contributed by atoms with Crippen LogP contribution >= 0.6 is 11.3 Å². The molecule has 0 aliphatic carbocycles. The minimum absolute atomic E-state index is 0.611. The van der Waals surface area contributed by atoms with Crippen molar-refractivity contribution in [3.63, 3.8) is 0 Å². The number of fused-ring (bicyclic) bond motifs is 1. The number of hydrogen-bond donors (Lipinski definition) is 1. The minimum atomic E-state index is -1.09. The first kappa shape index (κ1) is 18.8. The van der Waals surface area contributed by atoms with Crippen molar-refractivity contribution >= 4 is 38.0 Å². The van der Waals surface area contributed by atoms with Crippen molar-refractivity contribution in [1.82, 2.24) is 4.98 Å². The number of nitrogens with zero attached hydrogens (tertiary/aromatic N) is 1. The molecule has 28 heavy (non-hydrogen) atoms. The van der Waals surface area contributed by atoms with Crippen LogP contribution in [0.25, 0.3) is 32.6 Å². The van der Waals surface area contributed by atoms with Crippen LogP contribution in [0.5, 0.6) is 0 Å². The summed E-state index contributed by atoms with van der Waals surface area (Å²) in [4.78, 5) is 5.72. The van der Waals surface area contributed by atoms with Crippen LogP contribution in [0, 0.1) is 0 Å². The summed E-state index contributed by atoms with van der Waals surface area (Å²) < 4.78 is 13.6. The van der Waals surface area contributed by atoms with Gasteiger partial charge in [0, 0.05) is 16.7 Å². The predicted molar refractivity (Wildman–Crippen MR) is 121 cm³/mol. The van der Waals surface area contributed by atoms with Gasteiger partial charge in [0.1, 0.15) is 9.04 Å². The highest BCUT2D eigenvalue weighted by Gasteiger charge is 2.20. The lowest BCUT2D eigenvalue weighted by Crippen LogP contribution is -1.99. The number of nitrogens with two attached hydrogens (primary N) is 1. The molecule has 3 nitrogen and oxygen atoms in total. The first-order chi connectivity index (χ1) is 13.7. The Morgan fingerprint density at radius 3 is 2.29 bits per heavy atom. The minimum Gasteiger partial charge on any atom is -0.396 e. The molecule has 142 valence electrons. The van der Waals surface area contributed by atoms with E-state index in [2.05, 4.69) is 37.3 Å². The van der Waals surface area contributed by atoms with Gasteiger partial charge in [-0.2, -0.15) is 0 Å². The molecular formula is C23H22N2OS2. The maximum atomic E-state index is 12.8. The van der Waals surface area contributed by atoms with Gasteiger partial charge in [-0.1, -0.05) is 74.0 Å². The highest BCUT2D eigenvalue weighted by molar-refractivity contribution is 7.87. The Morgan fingerprint density at radius 1 is 1.00 bits per heavy atom. The maximum absolute atomic E-state index is 12.8. The molecule has 2 N–H and O–H groups in total. The van der Waals surface area contributed by atoms with Gasteiger partial charge in [-0.05, 0) is 23.6 Å². The highest BCUT2D eigenvalue weighted by Crippen LogP contribution is 2.42. The molecule has 2 aromatic heterocycles. The fraction of sp³-hybridized carbons (Fsp3) is 0.174. The van der Waals surface area contributed by atoms with Crippen molar-refractivity contribution in [1.29, 1.82) is 0 Å². The molecule has 0 spiro atoms. The number of thiophene rings is 1. The second kappa shape index (κ2) is 8.25. The average molecular weight is 407 g/mol. The van der Waals surface area contributed by atoms with Gasteiger partial charge in [-0.3, -0.25) is 4.21 Å². The van der Waals surface area contributed by atoms with E-state index in [1.807, 2.05) is 36.4 Å². The zero-order valence-electron chi connectivity index (χ0n) is 15.7. The summed E-state index contributed by atoms with van der Waals surface area (Å²) in [5, 5.41) is 0.913. The van der Waals surface area contributed by atoms with Gasteiger partial charge in [-0.25, -0.2) is 4.98 Å². The molecule has 2 aromatic carbocycles. The second-order valence-corrected chi connectivity index (χ2v) is 9.44. The predicted octanol–water partition coefficient (Wildman–Crippen LogP) is 6.12. The summed E-state index contributed by atoms with van der Waals surface area (Å²) in [6, 6.07) is 22.4. The van der Waals surface area contributed by atoms with E-state index in [4.69, 9.17) is 10.7 Å². The number of unbranched alkanes of at least 4 members (excludes halogenated alkanes) is 1. The Labute approximate surface area is 171 Å².